The molecule has 0 radical (unpaired) electrons. The molecule has 1 unspecified atom stereocenters. The number of amides is 1. The average molecular weight is 283 g/mol. The number of rotatable bonds is 3. The highest BCUT2D eigenvalue weighted by Crippen LogP contribution is 2.31. The molecule has 1 fully saturated rings. The lowest BCUT2D eigenvalue weighted by Gasteiger charge is -2.28. The lowest BCUT2D eigenvalue weighted by atomic mass is 10.1. The van der Waals surface area contributed by atoms with E-state index in [-0.39, 0.29) is 17.5 Å². The molecule has 0 bridgehead atoms. The molecule has 0 aromatic heterocycles. The Labute approximate surface area is 112 Å². The molecule has 2 rings (SSSR count). The summed E-state index contributed by atoms with van der Waals surface area (Å²) in [6, 6.07) is 4.74. The number of para-hydroxylation sites is 1. The van der Waals surface area contributed by atoms with Crippen LogP contribution in [0.2, 0.25) is 0 Å². The normalized spacial score (nSPS) is 21.2. The van der Waals surface area contributed by atoms with E-state index in [2.05, 4.69) is 0 Å². The molecule has 0 aliphatic carbocycles. The topological polar surface area (TPSA) is 106 Å². The van der Waals surface area contributed by atoms with Crippen LogP contribution in [-0.2, 0) is 9.84 Å². The summed E-state index contributed by atoms with van der Waals surface area (Å²) in [5.41, 5.74) is 12.5. The number of hydrogen-bond donors (Lipinski definition) is 2. The van der Waals surface area contributed by atoms with E-state index >= 15 is 0 Å². The fourth-order valence-corrected chi connectivity index (χ4v) is 4.19. The van der Waals surface area contributed by atoms with Gasteiger partial charge >= 0.3 is 0 Å². The molecule has 0 spiro atoms. The molecule has 0 saturated carbocycles. The number of primary amides is 1. The molecular formula is C12H17N3O3S. The average Bonchev–Trinajstić information content (AvgIpc) is 2.68. The van der Waals surface area contributed by atoms with Gasteiger partial charge < -0.3 is 16.4 Å². The summed E-state index contributed by atoms with van der Waals surface area (Å²) in [7, 11) is -1.25. The van der Waals surface area contributed by atoms with Crippen LogP contribution >= 0.6 is 0 Å². The standard InChI is InChI=1S/C12H17N3O3S/c1-15(8-5-6-19(17,18)7-8)11-9(12(14)16)3-2-4-10(11)13/h2-4,8H,5-7,13H2,1H3,(H2,14,16). The Kier molecular flexibility index (Phi) is 3.40. The number of anilines is 2. The van der Waals surface area contributed by atoms with Crippen molar-refractivity contribution in [3.8, 4) is 0 Å². The van der Waals surface area contributed by atoms with Gasteiger partial charge in [-0.25, -0.2) is 8.42 Å². The minimum Gasteiger partial charge on any atom is -0.397 e. The molecule has 1 aliphatic rings. The summed E-state index contributed by atoms with van der Waals surface area (Å²) in [4.78, 5) is 13.2. The first-order chi connectivity index (χ1) is 8.82. The van der Waals surface area contributed by atoms with Crippen LogP contribution in [0.1, 0.15) is 16.8 Å². The van der Waals surface area contributed by atoms with E-state index in [4.69, 9.17) is 11.5 Å². The number of nitrogens with zero attached hydrogens (tertiary/aromatic N) is 1. The van der Waals surface area contributed by atoms with Crippen molar-refractivity contribution in [2.75, 3.05) is 29.2 Å². The maximum atomic E-state index is 11.5. The van der Waals surface area contributed by atoms with Gasteiger partial charge in [0, 0.05) is 13.1 Å². The maximum Gasteiger partial charge on any atom is 0.250 e. The van der Waals surface area contributed by atoms with Crippen LogP contribution in [-0.4, -0.2) is 38.9 Å². The van der Waals surface area contributed by atoms with Gasteiger partial charge in [0.25, 0.3) is 5.91 Å². The number of carbonyl (C=O) groups is 1. The molecule has 1 amide bonds. The number of benzene rings is 1. The molecule has 1 heterocycles. The molecular weight excluding hydrogens is 266 g/mol. The Hall–Kier alpha value is -1.76. The fraction of sp³-hybridized carbons (Fsp3) is 0.417. The first-order valence-electron chi connectivity index (χ1n) is 5.93. The van der Waals surface area contributed by atoms with Gasteiger partial charge in [0.15, 0.2) is 9.84 Å². The summed E-state index contributed by atoms with van der Waals surface area (Å²) >= 11 is 0. The van der Waals surface area contributed by atoms with E-state index in [1.54, 1.807) is 30.1 Å². The van der Waals surface area contributed by atoms with Crippen molar-refractivity contribution >= 4 is 27.1 Å². The monoisotopic (exact) mass is 283 g/mol. The third kappa shape index (κ3) is 2.65. The van der Waals surface area contributed by atoms with Crippen molar-refractivity contribution in [3.05, 3.63) is 23.8 Å². The van der Waals surface area contributed by atoms with Crippen LogP contribution in [0.5, 0.6) is 0 Å². The van der Waals surface area contributed by atoms with E-state index in [1.807, 2.05) is 0 Å². The minimum atomic E-state index is -2.99. The molecule has 1 aliphatic heterocycles. The zero-order valence-electron chi connectivity index (χ0n) is 10.7. The Bertz CT molecular complexity index is 613. The predicted molar refractivity (Wildman–Crippen MR) is 74.8 cm³/mol. The first kappa shape index (κ1) is 13.7. The van der Waals surface area contributed by atoms with E-state index < -0.39 is 15.7 Å². The number of nitrogens with two attached hydrogens (primary N) is 2. The van der Waals surface area contributed by atoms with Gasteiger partial charge in [-0.3, -0.25) is 4.79 Å². The van der Waals surface area contributed by atoms with Crippen molar-refractivity contribution < 1.29 is 13.2 Å². The van der Waals surface area contributed by atoms with Gasteiger partial charge in [-0.15, -0.1) is 0 Å². The van der Waals surface area contributed by atoms with Crippen molar-refractivity contribution in [3.63, 3.8) is 0 Å². The number of sulfone groups is 1. The number of nitrogen functional groups attached to an aromatic ring is 1. The quantitative estimate of drug-likeness (QED) is 0.759. The van der Waals surface area contributed by atoms with Crippen LogP contribution in [0.15, 0.2) is 18.2 Å². The first-order valence-corrected chi connectivity index (χ1v) is 7.75. The molecule has 1 aromatic rings. The van der Waals surface area contributed by atoms with E-state index in [9.17, 15) is 13.2 Å². The van der Waals surface area contributed by atoms with Crippen molar-refractivity contribution in [2.45, 2.75) is 12.5 Å². The van der Waals surface area contributed by atoms with Crippen LogP contribution in [0, 0.1) is 0 Å². The van der Waals surface area contributed by atoms with E-state index in [0.29, 0.717) is 23.4 Å². The van der Waals surface area contributed by atoms with Crippen molar-refractivity contribution in [1.29, 1.82) is 0 Å². The second kappa shape index (κ2) is 4.73. The minimum absolute atomic E-state index is 0.0794. The van der Waals surface area contributed by atoms with Crippen molar-refractivity contribution in [2.24, 2.45) is 5.73 Å². The molecule has 7 heteroatoms. The van der Waals surface area contributed by atoms with Crippen LogP contribution in [0.4, 0.5) is 11.4 Å². The maximum absolute atomic E-state index is 11.5. The Morgan fingerprint density at radius 1 is 1.42 bits per heavy atom. The molecule has 104 valence electrons. The third-order valence-electron chi connectivity index (χ3n) is 3.44. The largest absolute Gasteiger partial charge is 0.397 e. The lowest BCUT2D eigenvalue weighted by Crippen LogP contribution is -2.34. The highest BCUT2D eigenvalue weighted by Gasteiger charge is 2.32. The highest BCUT2D eigenvalue weighted by atomic mass is 32.2. The second-order valence-electron chi connectivity index (χ2n) is 4.78. The molecule has 19 heavy (non-hydrogen) atoms. The highest BCUT2D eigenvalue weighted by molar-refractivity contribution is 7.91. The fourth-order valence-electron chi connectivity index (χ4n) is 2.42. The van der Waals surface area contributed by atoms with Crippen LogP contribution < -0.4 is 16.4 Å². The summed E-state index contributed by atoms with van der Waals surface area (Å²) in [6.07, 6.45) is 0.533. The van der Waals surface area contributed by atoms with Crippen LogP contribution in [0.25, 0.3) is 0 Å². The van der Waals surface area contributed by atoms with Gasteiger partial charge in [0.2, 0.25) is 0 Å². The zero-order valence-corrected chi connectivity index (χ0v) is 11.5. The molecule has 1 saturated heterocycles. The van der Waals surface area contributed by atoms with E-state index in [1.165, 1.54) is 0 Å². The second-order valence-corrected chi connectivity index (χ2v) is 7.00. The van der Waals surface area contributed by atoms with Gasteiger partial charge in [0.05, 0.1) is 28.4 Å². The Balaban J connectivity index is 2.39. The summed E-state index contributed by atoms with van der Waals surface area (Å²) in [5.74, 6) is -0.327. The van der Waals surface area contributed by atoms with E-state index in [0.717, 1.165) is 0 Å². The molecule has 1 aromatic carbocycles. The van der Waals surface area contributed by atoms with Crippen LogP contribution in [0.3, 0.4) is 0 Å². The third-order valence-corrected chi connectivity index (χ3v) is 5.19. The molecule has 4 N–H and O–H groups in total. The summed E-state index contributed by atoms with van der Waals surface area (Å²) in [6.45, 7) is 0. The van der Waals surface area contributed by atoms with Gasteiger partial charge in [-0.2, -0.15) is 0 Å². The molecule has 6 nitrogen and oxygen atoms in total. The smallest absolute Gasteiger partial charge is 0.250 e. The lowest BCUT2D eigenvalue weighted by molar-refractivity contribution is 0.100. The summed E-state index contributed by atoms with van der Waals surface area (Å²) in [5, 5.41) is 0. The summed E-state index contributed by atoms with van der Waals surface area (Å²) < 4.78 is 23.1. The number of carbonyl (C=O) groups excluding carboxylic acids is 1. The van der Waals surface area contributed by atoms with Gasteiger partial charge in [-0.05, 0) is 18.6 Å². The number of hydrogen-bond acceptors (Lipinski definition) is 5. The van der Waals surface area contributed by atoms with Gasteiger partial charge in [-0.1, -0.05) is 6.07 Å². The van der Waals surface area contributed by atoms with Gasteiger partial charge in [0.1, 0.15) is 0 Å². The van der Waals surface area contributed by atoms with Crippen molar-refractivity contribution in [1.82, 2.24) is 0 Å². The predicted octanol–water partition coefficient (Wildman–Crippen LogP) is -0.00900. The zero-order chi connectivity index (χ0) is 14.2. The Morgan fingerprint density at radius 3 is 2.63 bits per heavy atom. The molecule has 1 atom stereocenters. The Morgan fingerprint density at radius 2 is 2.11 bits per heavy atom. The SMILES string of the molecule is CN(c1c(N)cccc1C(N)=O)C1CCS(=O)(=O)C1.